The van der Waals surface area contributed by atoms with Crippen molar-refractivity contribution in [2.45, 2.75) is 89.3 Å². The molecular weight excluding hydrogens is 362 g/mol. The molecule has 1 aliphatic rings. The molecule has 1 aliphatic heterocycles. The Kier molecular flexibility index (Phi) is 8.99. The van der Waals surface area contributed by atoms with Gasteiger partial charge in [0.1, 0.15) is 6.79 Å². The standard InChI is InChI=1S/C19H43NO4Si2/c1-19(2,3)26(8,9)24-17-10-11-20(4)16(18(17)21)14-23-15-22-12-13-25(5,6)7/h16-18,21H,10-15H2,1-9H3/t16-,17-,18-/m1/s1. The molecule has 7 heteroatoms. The quantitative estimate of drug-likeness (QED) is 0.359. The van der Waals surface area contributed by atoms with Crippen LogP contribution in [0, 0.1) is 0 Å². The second-order valence-corrected chi connectivity index (χ2v) is 20.8. The highest BCUT2D eigenvalue weighted by Crippen LogP contribution is 2.38. The van der Waals surface area contributed by atoms with Crippen molar-refractivity contribution in [3.63, 3.8) is 0 Å². The van der Waals surface area contributed by atoms with Gasteiger partial charge in [0.2, 0.25) is 0 Å². The van der Waals surface area contributed by atoms with Crippen LogP contribution in [0.4, 0.5) is 0 Å². The lowest BCUT2D eigenvalue weighted by molar-refractivity contribution is -0.115. The van der Waals surface area contributed by atoms with Gasteiger partial charge in [-0.3, -0.25) is 4.90 Å². The number of likely N-dealkylation sites (tertiary alicyclic amines) is 1. The van der Waals surface area contributed by atoms with Crippen molar-refractivity contribution in [1.29, 1.82) is 0 Å². The lowest BCUT2D eigenvalue weighted by Gasteiger charge is -2.46. The van der Waals surface area contributed by atoms with Crippen LogP contribution in [0.25, 0.3) is 0 Å². The summed E-state index contributed by atoms with van der Waals surface area (Å²) in [6.45, 7) is 20.7. The van der Waals surface area contributed by atoms with Gasteiger partial charge in [-0.25, -0.2) is 0 Å². The van der Waals surface area contributed by atoms with Crippen LogP contribution in [-0.2, 0) is 13.9 Å². The Bertz CT molecular complexity index is 421. The molecule has 0 aliphatic carbocycles. The third-order valence-corrected chi connectivity index (χ3v) is 12.0. The van der Waals surface area contributed by atoms with E-state index in [1.54, 1.807) is 0 Å². The van der Waals surface area contributed by atoms with E-state index in [9.17, 15) is 5.11 Å². The number of likely N-dealkylation sites (N-methyl/N-ethyl adjacent to an activating group) is 1. The van der Waals surface area contributed by atoms with E-state index in [0.717, 1.165) is 25.6 Å². The molecule has 0 aromatic carbocycles. The number of nitrogens with zero attached hydrogens (tertiary/aromatic N) is 1. The number of piperidine rings is 1. The Balaban J connectivity index is 2.47. The maximum atomic E-state index is 10.9. The Hall–Kier alpha value is 0.234. The second-order valence-electron chi connectivity index (χ2n) is 10.5. The molecule has 0 spiro atoms. The SMILES string of the molecule is CN1CC[C@@H](O[Si](C)(C)C(C)(C)C)[C@H](O)[C@H]1COCOCC[Si](C)(C)C. The summed E-state index contributed by atoms with van der Waals surface area (Å²) in [5, 5.41) is 11.0. The Morgan fingerprint density at radius 1 is 1.08 bits per heavy atom. The molecule has 0 aromatic heterocycles. The van der Waals surface area contributed by atoms with E-state index in [0.29, 0.717) is 13.4 Å². The first-order valence-corrected chi connectivity index (χ1v) is 16.6. The summed E-state index contributed by atoms with van der Waals surface area (Å²) >= 11 is 0. The first kappa shape index (κ1) is 24.3. The summed E-state index contributed by atoms with van der Waals surface area (Å²) in [7, 11) is -0.906. The molecule has 26 heavy (non-hydrogen) atoms. The predicted molar refractivity (Wildman–Crippen MR) is 114 cm³/mol. The number of hydrogen-bond donors (Lipinski definition) is 1. The topological polar surface area (TPSA) is 51.2 Å². The molecule has 1 N–H and O–H groups in total. The van der Waals surface area contributed by atoms with Gasteiger partial charge >= 0.3 is 0 Å². The number of ether oxygens (including phenoxy) is 2. The smallest absolute Gasteiger partial charge is 0.192 e. The van der Waals surface area contributed by atoms with E-state index in [-0.39, 0.29) is 17.2 Å². The van der Waals surface area contributed by atoms with Crippen molar-refractivity contribution < 1.29 is 19.0 Å². The Morgan fingerprint density at radius 2 is 1.69 bits per heavy atom. The third kappa shape index (κ3) is 7.69. The van der Waals surface area contributed by atoms with Gasteiger partial charge in [-0.1, -0.05) is 40.4 Å². The normalized spacial score (nSPS) is 26.3. The Morgan fingerprint density at radius 3 is 2.23 bits per heavy atom. The monoisotopic (exact) mass is 405 g/mol. The number of aliphatic hydroxyl groups is 1. The van der Waals surface area contributed by atoms with Crippen LogP contribution in [0.2, 0.25) is 43.8 Å². The van der Waals surface area contributed by atoms with Gasteiger partial charge in [-0.15, -0.1) is 0 Å². The van der Waals surface area contributed by atoms with Crippen LogP contribution in [0.5, 0.6) is 0 Å². The van der Waals surface area contributed by atoms with Gasteiger partial charge in [-0.2, -0.15) is 0 Å². The average Bonchev–Trinajstić information content (AvgIpc) is 2.46. The molecule has 0 saturated carbocycles. The van der Waals surface area contributed by atoms with E-state index in [4.69, 9.17) is 13.9 Å². The highest BCUT2D eigenvalue weighted by atomic mass is 28.4. The molecule has 0 unspecified atom stereocenters. The zero-order valence-corrected chi connectivity index (χ0v) is 20.6. The van der Waals surface area contributed by atoms with Gasteiger partial charge in [0.25, 0.3) is 0 Å². The predicted octanol–water partition coefficient (Wildman–Crippen LogP) is 3.77. The molecule has 1 fully saturated rings. The fraction of sp³-hybridized carbons (Fsp3) is 1.00. The second kappa shape index (κ2) is 9.63. The molecule has 0 amide bonds. The van der Waals surface area contributed by atoms with Crippen LogP contribution in [-0.4, -0.2) is 78.2 Å². The summed E-state index contributed by atoms with van der Waals surface area (Å²) in [6, 6.07) is 1.10. The molecule has 0 aromatic rings. The van der Waals surface area contributed by atoms with E-state index >= 15 is 0 Å². The van der Waals surface area contributed by atoms with E-state index < -0.39 is 22.5 Å². The minimum absolute atomic E-state index is 0.0425. The van der Waals surface area contributed by atoms with Crippen LogP contribution in [0.3, 0.4) is 0 Å². The van der Waals surface area contributed by atoms with Crippen molar-refractivity contribution in [3.05, 3.63) is 0 Å². The van der Waals surface area contributed by atoms with Crippen LogP contribution in [0.1, 0.15) is 27.2 Å². The molecule has 5 nitrogen and oxygen atoms in total. The molecule has 0 radical (unpaired) electrons. The molecule has 1 rings (SSSR count). The lowest BCUT2D eigenvalue weighted by Crippen LogP contribution is -2.59. The average molecular weight is 406 g/mol. The summed E-state index contributed by atoms with van der Waals surface area (Å²) in [4.78, 5) is 2.18. The summed E-state index contributed by atoms with van der Waals surface area (Å²) in [5.41, 5.74) is 0. The zero-order chi connectivity index (χ0) is 20.2. The fourth-order valence-corrected chi connectivity index (χ4v) is 4.88. The van der Waals surface area contributed by atoms with Crippen molar-refractivity contribution in [2.24, 2.45) is 0 Å². The minimum Gasteiger partial charge on any atom is -0.411 e. The van der Waals surface area contributed by atoms with Crippen molar-refractivity contribution in [3.8, 4) is 0 Å². The highest BCUT2D eigenvalue weighted by molar-refractivity contribution is 6.76. The zero-order valence-electron chi connectivity index (χ0n) is 18.6. The van der Waals surface area contributed by atoms with Gasteiger partial charge in [0, 0.05) is 21.2 Å². The number of hydrogen-bond acceptors (Lipinski definition) is 5. The van der Waals surface area contributed by atoms with Crippen molar-refractivity contribution >= 4 is 16.4 Å². The first-order chi connectivity index (χ1) is 11.7. The maximum absolute atomic E-state index is 10.9. The van der Waals surface area contributed by atoms with Crippen LogP contribution >= 0.6 is 0 Å². The van der Waals surface area contributed by atoms with E-state index in [1.807, 2.05) is 7.05 Å². The molecule has 3 atom stereocenters. The largest absolute Gasteiger partial charge is 0.411 e. The number of rotatable bonds is 9. The van der Waals surface area contributed by atoms with Crippen molar-refractivity contribution in [1.82, 2.24) is 4.90 Å². The van der Waals surface area contributed by atoms with Gasteiger partial charge in [0.15, 0.2) is 8.32 Å². The molecule has 0 bridgehead atoms. The Labute approximate surface area is 163 Å². The summed E-state index contributed by atoms with van der Waals surface area (Å²) in [5.74, 6) is 0. The fourth-order valence-electron chi connectivity index (χ4n) is 2.75. The summed E-state index contributed by atoms with van der Waals surface area (Å²) in [6.07, 6.45) is 0.242. The molecule has 156 valence electrons. The third-order valence-electron chi connectivity index (χ3n) is 5.81. The van der Waals surface area contributed by atoms with Crippen LogP contribution < -0.4 is 0 Å². The summed E-state index contributed by atoms with van der Waals surface area (Å²) < 4.78 is 17.8. The minimum atomic E-state index is -1.89. The molecule has 1 heterocycles. The van der Waals surface area contributed by atoms with Gasteiger partial charge in [0.05, 0.1) is 24.9 Å². The van der Waals surface area contributed by atoms with E-state index in [1.165, 1.54) is 0 Å². The van der Waals surface area contributed by atoms with Gasteiger partial charge in [-0.05, 0) is 37.6 Å². The van der Waals surface area contributed by atoms with E-state index in [2.05, 4.69) is 58.4 Å². The first-order valence-electron chi connectivity index (χ1n) is 9.96. The van der Waals surface area contributed by atoms with Gasteiger partial charge < -0.3 is 19.0 Å². The number of aliphatic hydroxyl groups excluding tert-OH is 1. The maximum Gasteiger partial charge on any atom is 0.192 e. The lowest BCUT2D eigenvalue weighted by atomic mass is 9.97. The van der Waals surface area contributed by atoms with Crippen LogP contribution in [0.15, 0.2) is 0 Å². The van der Waals surface area contributed by atoms with Crippen molar-refractivity contribution in [2.75, 3.05) is 33.6 Å². The molecule has 1 saturated heterocycles. The highest BCUT2D eigenvalue weighted by Gasteiger charge is 2.44. The molecular formula is C19H43NO4Si2.